The molecule has 0 aliphatic carbocycles. The van der Waals surface area contributed by atoms with E-state index in [-0.39, 0.29) is 0 Å². The van der Waals surface area contributed by atoms with E-state index in [9.17, 15) is 0 Å². The molecule has 1 saturated heterocycles. The van der Waals surface area contributed by atoms with Gasteiger partial charge in [-0.2, -0.15) is 4.98 Å². The van der Waals surface area contributed by atoms with Gasteiger partial charge in [0.05, 0.1) is 6.61 Å². The summed E-state index contributed by atoms with van der Waals surface area (Å²) in [5.74, 6) is 2.83. The Morgan fingerprint density at radius 2 is 2.44 bits per heavy atom. The highest BCUT2D eigenvalue weighted by Gasteiger charge is 2.22. The fourth-order valence-corrected chi connectivity index (χ4v) is 2.47. The van der Waals surface area contributed by atoms with Crippen LogP contribution in [0, 0.1) is 11.8 Å². The predicted octanol–water partition coefficient (Wildman–Crippen LogP) is 1.44. The van der Waals surface area contributed by atoms with Crippen LogP contribution in [0.2, 0.25) is 0 Å². The zero-order chi connectivity index (χ0) is 12.8. The molecule has 1 aliphatic rings. The molecule has 0 bridgehead atoms. The highest BCUT2D eigenvalue weighted by atomic mass is 16.5. The first-order chi connectivity index (χ1) is 8.79. The summed E-state index contributed by atoms with van der Waals surface area (Å²) >= 11 is 0. The molecular weight excluding hydrogens is 230 g/mol. The smallest absolute Gasteiger partial charge is 0.226 e. The van der Waals surface area contributed by atoms with Gasteiger partial charge in [-0.3, -0.25) is 0 Å². The molecule has 2 heterocycles. The Balaban J connectivity index is 1.82. The number of rotatable bonds is 6. The Morgan fingerprint density at radius 3 is 3.17 bits per heavy atom. The lowest BCUT2D eigenvalue weighted by molar-refractivity contribution is 0.199. The van der Waals surface area contributed by atoms with E-state index < -0.39 is 0 Å². The minimum absolute atomic E-state index is 0.591. The summed E-state index contributed by atoms with van der Waals surface area (Å²) < 4.78 is 10.3. The third-order valence-corrected chi connectivity index (χ3v) is 3.68. The molecule has 2 unspecified atom stereocenters. The maximum atomic E-state index is 5.29. The lowest BCUT2D eigenvalue weighted by atomic mass is 9.85. The predicted molar refractivity (Wildman–Crippen MR) is 68.3 cm³/mol. The van der Waals surface area contributed by atoms with Crippen LogP contribution < -0.4 is 5.32 Å². The zero-order valence-electron chi connectivity index (χ0n) is 11.3. The summed E-state index contributed by atoms with van der Waals surface area (Å²) in [7, 11) is 1.68. The van der Waals surface area contributed by atoms with Crippen LogP contribution in [0.3, 0.4) is 0 Å². The lowest BCUT2D eigenvalue weighted by Gasteiger charge is -2.27. The quantitative estimate of drug-likeness (QED) is 0.831. The topological polar surface area (TPSA) is 60.2 Å². The number of aromatic nitrogens is 2. The summed E-state index contributed by atoms with van der Waals surface area (Å²) in [6.45, 7) is 5.19. The van der Waals surface area contributed by atoms with Gasteiger partial charge in [0, 0.05) is 20.0 Å². The number of hydrogen-bond donors (Lipinski definition) is 1. The van der Waals surface area contributed by atoms with E-state index in [1.54, 1.807) is 7.11 Å². The molecule has 1 N–H and O–H groups in total. The number of methoxy groups -OCH3 is 1. The standard InChI is InChI=1S/C13H23N3O2/c1-10(11-4-3-6-14-9-11)8-13-15-12(16-18-13)5-7-17-2/h10-11,14H,3-9H2,1-2H3. The summed E-state index contributed by atoms with van der Waals surface area (Å²) in [5, 5.41) is 7.42. The number of hydrogen-bond acceptors (Lipinski definition) is 5. The van der Waals surface area contributed by atoms with Crippen molar-refractivity contribution < 1.29 is 9.26 Å². The normalized spacial score (nSPS) is 22.0. The molecule has 1 fully saturated rings. The molecular formula is C13H23N3O2. The van der Waals surface area contributed by atoms with Gasteiger partial charge in [0.1, 0.15) is 0 Å². The first-order valence-corrected chi connectivity index (χ1v) is 6.80. The van der Waals surface area contributed by atoms with E-state index in [1.165, 1.54) is 12.8 Å². The highest BCUT2D eigenvalue weighted by Crippen LogP contribution is 2.22. The van der Waals surface area contributed by atoms with Crippen molar-refractivity contribution in [2.75, 3.05) is 26.8 Å². The summed E-state index contributed by atoms with van der Waals surface area (Å²) in [5.41, 5.74) is 0. The molecule has 102 valence electrons. The van der Waals surface area contributed by atoms with Crippen molar-refractivity contribution in [3.05, 3.63) is 11.7 Å². The lowest BCUT2D eigenvalue weighted by Crippen LogP contribution is -2.33. The largest absolute Gasteiger partial charge is 0.384 e. The van der Waals surface area contributed by atoms with Gasteiger partial charge in [-0.1, -0.05) is 12.1 Å². The van der Waals surface area contributed by atoms with Crippen LogP contribution in [0.1, 0.15) is 31.5 Å². The van der Waals surface area contributed by atoms with Crippen LogP contribution >= 0.6 is 0 Å². The second kappa shape index (κ2) is 6.85. The second-order valence-corrected chi connectivity index (χ2v) is 5.13. The zero-order valence-corrected chi connectivity index (χ0v) is 11.3. The third kappa shape index (κ3) is 3.78. The third-order valence-electron chi connectivity index (χ3n) is 3.68. The maximum Gasteiger partial charge on any atom is 0.226 e. The molecule has 5 heteroatoms. The molecule has 0 aromatic carbocycles. The van der Waals surface area contributed by atoms with Crippen LogP contribution in [0.15, 0.2) is 4.52 Å². The van der Waals surface area contributed by atoms with Gasteiger partial charge in [-0.15, -0.1) is 0 Å². The van der Waals surface area contributed by atoms with Crippen molar-refractivity contribution in [1.82, 2.24) is 15.5 Å². The van der Waals surface area contributed by atoms with E-state index in [1.807, 2.05) is 0 Å². The van der Waals surface area contributed by atoms with Crippen molar-refractivity contribution in [1.29, 1.82) is 0 Å². The molecule has 5 nitrogen and oxygen atoms in total. The van der Waals surface area contributed by atoms with Crippen LogP contribution in [0.4, 0.5) is 0 Å². The first-order valence-electron chi connectivity index (χ1n) is 6.80. The van der Waals surface area contributed by atoms with Crippen molar-refractivity contribution >= 4 is 0 Å². The van der Waals surface area contributed by atoms with Gasteiger partial charge in [-0.25, -0.2) is 0 Å². The van der Waals surface area contributed by atoms with Crippen molar-refractivity contribution in [3.8, 4) is 0 Å². The average Bonchev–Trinajstić information content (AvgIpc) is 2.85. The molecule has 1 aromatic rings. The van der Waals surface area contributed by atoms with Crippen LogP contribution in [-0.2, 0) is 17.6 Å². The molecule has 0 amide bonds. The fourth-order valence-electron chi connectivity index (χ4n) is 2.47. The molecule has 1 aromatic heterocycles. The molecule has 2 rings (SSSR count). The van der Waals surface area contributed by atoms with E-state index in [2.05, 4.69) is 22.4 Å². The van der Waals surface area contributed by atoms with Crippen LogP contribution in [0.25, 0.3) is 0 Å². The van der Waals surface area contributed by atoms with E-state index in [4.69, 9.17) is 9.26 Å². The van der Waals surface area contributed by atoms with Gasteiger partial charge in [0.2, 0.25) is 5.89 Å². The van der Waals surface area contributed by atoms with Gasteiger partial charge in [-0.05, 0) is 37.8 Å². The molecule has 0 radical (unpaired) electrons. The summed E-state index contributed by atoms with van der Waals surface area (Å²) in [6, 6.07) is 0. The van der Waals surface area contributed by atoms with E-state index in [0.717, 1.165) is 43.6 Å². The molecule has 18 heavy (non-hydrogen) atoms. The number of piperidine rings is 1. The van der Waals surface area contributed by atoms with Crippen molar-refractivity contribution in [3.63, 3.8) is 0 Å². The minimum atomic E-state index is 0.591. The Labute approximate surface area is 108 Å². The minimum Gasteiger partial charge on any atom is -0.384 e. The fraction of sp³-hybridized carbons (Fsp3) is 0.846. The van der Waals surface area contributed by atoms with Gasteiger partial charge in [0.15, 0.2) is 5.82 Å². The van der Waals surface area contributed by atoms with Crippen LogP contribution in [0.5, 0.6) is 0 Å². The summed E-state index contributed by atoms with van der Waals surface area (Å²) in [6.07, 6.45) is 4.18. The van der Waals surface area contributed by atoms with Gasteiger partial charge in [0.25, 0.3) is 0 Å². The maximum absolute atomic E-state index is 5.29. The number of nitrogens with zero attached hydrogens (tertiary/aromatic N) is 2. The Hall–Kier alpha value is -0.940. The SMILES string of the molecule is COCCc1noc(CC(C)C2CCCNC2)n1. The highest BCUT2D eigenvalue weighted by molar-refractivity contribution is 4.89. The number of nitrogens with one attached hydrogen (secondary N) is 1. The van der Waals surface area contributed by atoms with E-state index >= 15 is 0 Å². The molecule has 0 spiro atoms. The molecule has 1 aliphatic heterocycles. The first kappa shape index (κ1) is 13.5. The van der Waals surface area contributed by atoms with Crippen molar-refractivity contribution in [2.45, 2.75) is 32.6 Å². The van der Waals surface area contributed by atoms with Crippen molar-refractivity contribution in [2.24, 2.45) is 11.8 Å². The Morgan fingerprint density at radius 1 is 1.56 bits per heavy atom. The summed E-state index contributed by atoms with van der Waals surface area (Å²) in [4.78, 5) is 4.40. The van der Waals surface area contributed by atoms with Gasteiger partial charge < -0.3 is 14.6 Å². The Kier molecular flexibility index (Phi) is 5.13. The number of ether oxygens (including phenoxy) is 1. The van der Waals surface area contributed by atoms with E-state index in [0.29, 0.717) is 12.5 Å². The van der Waals surface area contributed by atoms with Gasteiger partial charge >= 0.3 is 0 Å². The molecule has 0 saturated carbocycles. The second-order valence-electron chi connectivity index (χ2n) is 5.13. The monoisotopic (exact) mass is 253 g/mol. The van der Waals surface area contributed by atoms with Crippen LogP contribution in [-0.4, -0.2) is 36.9 Å². The molecule has 2 atom stereocenters. The Bertz CT molecular complexity index is 348. The average molecular weight is 253 g/mol.